The van der Waals surface area contributed by atoms with Crippen LogP contribution in [0.2, 0.25) is 0 Å². The predicted octanol–water partition coefficient (Wildman–Crippen LogP) is 0.230. The zero-order chi connectivity index (χ0) is 15.9. The summed E-state index contributed by atoms with van der Waals surface area (Å²) in [5.41, 5.74) is 8.79. The van der Waals surface area contributed by atoms with Crippen molar-refractivity contribution in [2.75, 3.05) is 0 Å². The minimum atomic E-state index is 0. The van der Waals surface area contributed by atoms with E-state index < -0.39 is 0 Å². The minimum Gasteiger partial charge on any atom is -1.00 e. The first-order chi connectivity index (χ1) is 8.90. The van der Waals surface area contributed by atoms with Gasteiger partial charge in [0.25, 0.3) is 0 Å². The van der Waals surface area contributed by atoms with E-state index >= 15 is 0 Å². The quantitative estimate of drug-likeness (QED) is 0.431. The van der Waals surface area contributed by atoms with Gasteiger partial charge in [-0.25, -0.2) is 11.1 Å². The molecule has 0 unspecified atom stereocenters. The van der Waals surface area contributed by atoms with Crippen LogP contribution in [0.25, 0.3) is 0 Å². The van der Waals surface area contributed by atoms with E-state index in [1.807, 2.05) is 0 Å². The van der Waals surface area contributed by atoms with Gasteiger partial charge in [0.2, 0.25) is 0 Å². The molecule has 0 bridgehead atoms. The SMILES string of the molecule is CC1=[C-]C(C)(C)C(C)=C1C.CC1=[C-]C(C)(C)C(C)=C1C.[F-].[F-].[Ti+4]. The summed E-state index contributed by atoms with van der Waals surface area (Å²) in [6.45, 7) is 21.8. The molecule has 0 saturated carbocycles. The molecule has 2 aliphatic rings. The Morgan fingerprint density at radius 2 is 0.783 bits per heavy atom. The number of rotatable bonds is 0. The Morgan fingerprint density at radius 3 is 0.826 bits per heavy atom. The predicted molar refractivity (Wildman–Crippen MR) is 89.2 cm³/mol. The van der Waals surface area contributed by atoms with Crippen LogP contribution in [0.3, 0.4) is 0 Å². The summed E-state index contributed by atoms with van der Waals surface area (Å²) >= 11 is 0. The summed E-state index contributed by atoms with van der Waals surface area (Å²) in [7, 11) is 0. The van der Waals surface area contributed by atoms with Gasteiger partial charge in [0.15, 0.2) is 0 Å². The Kier molecular flexibility index (Phi) is 10.9. The van der Waals surface area contributed by atoms with E-state index in [4.69, 9.17) is 0 Å². The van der Waals surface area contributed by atoms with E-state index in [1.54, 1.807) is 0 Å². The van der Waals surface area contributed by atoms with E-state index in [2.05, 4.69) is 81.4 Å². The van der Waals surface area contributed by atoms with Crippen LogP contribution in [0.4, 0.5) is 0 Å². The molecule has 2 aliphatic carbocycles. The number of halogens is 2. The Bertz CT molecular complexity index is 494. The molecule has 0 aromatic carbocycles. The van der Waals surface area contributed by atoms with Crippen molar-refractivity contribution in [3.63, 3.8) is 0 Å². The van der Waals surface area contributed by atoms with Crippen molar-refractivity contribution in [3.8, 4) is 0 Å². The van der Waals surface area contributed by atoms with Crippen molar-refractivity contribution < 1.29 is 31.1 Å². The third kappa shape index (κ3) is 5.83. The van der Waals surface area contributed by atoms with Crippen LogP contribution in [0.5, 0.6) is 0 Å². The van der Waals surface area contributed by atoms with Gasteiger partial charge < -0.3 is 9.41 Å². The zero-order valence-electron chi connectivity index (χ0n) is 16.3. The molecular formula is C20H30F2Ti. The van der Waals surface area contributed by atoms with Gasteiger partial charge >= 0.3 is 21.7 Å². The van der Waals surface area contributed by atoms with Crippen LogP contribution in [0, 0.1) is 23.0 Å². The van der Waals surface area contributed by atoms with Gasteiger partial charge in [0, 0.05) is 0 Å². The fourth-order valence-corrected chi connectivity index (χ4v) is 2.81. The molecule has 0 spiro atoms. The van der Waals surface area contributed by atoms with Crippen LogP contribution in [-0.2, 0) is 21.7 Å². The smallest absolute Gasteiger partial charge is 1.00 e. The second-order valence-electron chi connectivity index (χ2n) is 7.25. The fourth-order valence-electron chi connectivity index (χ4n) is 2.81. The van der Waals surface area contributed by atoms with Crippen LogP contribution in [-0.4, -0.2) is 0 Å². The fraction of sp³-hybridized carbons (Fsp3) is 0.600. The second-order valence-corrected chi connectivity index (χ2v) is 7.25. The maximum absolute atomic E-state index is 3.44. The monoisotopic (exact) mass is 356 g/mol. The maximum atomic E-state index is 3.44. The molecule has 3 heteroatoms. The molecular weight excluding hydrogens is 326 g/mol. The molecule has 0 aromatic heterocycles. The zero-order valence-corrected chi connectivity index (χ0v) is 17.8. The molecule has 0 N–H and O–H groups in total. The molecule has 0 radical (unpaired) electrons. The summed E-state index contributed by atoms with van der Waals surface area (Å²) in [5.74, 6) is 0. The molecule has 0 aromatic rings. The van der Waals surface area contributed by atoms with Crippen LogP contribution in [0.15, 0.2) is 33.4 Å². The minimum absolute atomic E-state index is 0. The van der Waals surface area contributed by atoms with Gasteiger partial charge in [0.1, 0.15) is 0 Å². The molecule has 23 heavy (non-hydrogen) atoms. The average Bonchev–Trinajstić information content (AvgIpc) is 2.60. The Hall–Kier alpha value is -0.466. The standard InChI is InChI=1S/2C10H15.2FH.Ti/c2*1-7-6-10(4,5)9(3)8(7)2;;;/h2*1-5H3;2*1H;/q2*-1;;;+4/p-2. The Labute approximate surface area is 156 Å². The number of hydrogen-bond donors (Lipinski definition) is 0. The van der Waals surface area contributed by atoms with Crippen LogP contribution < -0.4 is 9.41 Å². The third-order valence-electron chi connectivity index (χ3n) is 5.12. The second kappa shape index (κ2) is 9.13. The molecule has 0 aliphatic heterocycles. The van der Waals surface area contributed by atoms with Gasteiger partial charge in [-0.3, -0.25) is 12.2 Å². The molecule has 2 rings (SSSR count). The first-order valence-electron chi connectivity index (χ1n) is 7.50. The number of hydrogen-bond acceptors (Lipinski definition) is 0. The van der Waals surface area contributed by atoms with Gasteiger partial charge in [-0.2, -0.15) is 22.3 Å². The van der Waals surface area contributed by atoms with Crippen molar-refractivity contribution in [2.45, 2.75) is 69.2 Å². The summed E-state index contributed by atoms with van der Waals surface area (Å²) < 4.78 is 0. The van der Waals surface area contributed by atoms with Crippen molar-refractivity contribution in [1.29, 1.82) is 0 Å². The van der Waals surface area contributed by atoms with Crippen LogP contribution in [0.1, 0.15) is 69.2 Å². The van der Waals surface area contributed by atoms with E-state index in [-0.39, 0.29) is 42.0 Å². The maximum Gasteiger partial charge on any atom is 4.00 e. The first kappa shape index (κ1) is 27.4. The first-order valence-corrected chi connectivity index (χ1v) is 7.50. The Morgan fingerprint density at radius 1 is 0.565 bits per heavy atom. The molecule has 0 saturated heterocycles. The largest absolute Gasteiger partial charge is 4.00 e. The molecule has 0 heterocycles. The van der Waals surface area contributed by atoms with Gasteiger partial charge in [0.05, 0.1) is 0 Å². The van der Waals surface area contributed by atoms with Crippen LogP contribution >= 0.6 is 0 Å². The summed E-state index contributed by atoms with van der Waals surface area (Å²) in [6.07, 6.45) is 6.87. The van der Waals surface area contributed by atoms with Gasteiger partial charge in [-0.15, -0.1) is 13.8 Å². The van der Waals surface area contributed by atoms with E-state index in [9.17, 15) is 0 Å². The molecule has 0 fully saturated rings. The average molecular weight is 356 g/mol. The Balaban J connectivity index is -0.000000308. The van der Waals surface area contributed by atoms with Crippen molar-refractivity contribution in [2.24, 2.45) is 10.8 Å². The summed E-state index contributed by atoms with van der Waals surface area (Å²) in [5, 5.41) is 0. The third-order valence-corrected chi connectivity index (χ3v) is 5.12. The van der Waals surface area contributed by atoms with Gasteiger partial charge in [-0.05, 0) is 0 Å². The molecule has 0 atom stereocenters. The normalized spacial score (nSPS) is 20.4. The summed E-state index contributed by atoms with van der Waals surface area (Å²) in [4.78, 5) is 0. The van der Waals surface area contributed by atoms with E-state index in [1.165, 1.54) is 33.4 Å². The van der Waals surface area contributed by atoms with Gasteiger partial charge in [-0.1, -0.05) is 66.2 Å². The number of allylic oxidation sites excluding steroid dienone is 8. The van der Waals surface area contributed by atoms with E-state index in [0.717, 1.165) is 0 Å². The molecule has 128 valence electrons. The van der Waals surface area contributed by atoms with Crippen molar-refractivity contribution in [3.05, 3.63) is 45.6 Å². The molecule has 0 nitrogen and oxygen atoms in total. The van der Waals surface area contributed by atoms with E-state index in [0.29, 0.717) is 0 Å². The molecule has 0 amide bonds. The van der Waals surface area contributed by atoms with Crippen molar-refractivity contribution >= 4 is 0 Å². The van der Waals surface area contributed by atoms with Crippen molar-refractivity contribution in [1.82, 2.24) is 0 Å². The summed E-state index contributed by atoms with van der Waals surface area (Å²) in [6, 6.07) is 0. The topological polar surface area (TPSA) is 0 Å².